The van der Waals surface area contributed by atoms with Gasteiger partial charge in [0, 0.05) is 13.1 Å². The Bertz CT molecular complexity index is 573. The number of oxazole rings is 1. The standard InChI is InChI=1S/C14H17N3OS2/c1-3-15-13(19)11(14(20)16-4-2)12-17-9-7-5-6-8-10(9)18-12/h5-8,11H,3-4H2,1-2H3,(H,15,19)(H,16,20). The highest BCUT2D eigenvalue weighted by atomic mass is 32.1. The second-order valence-corrected chi connectivity index (χ2v) is 5.12. The molecule has 4 nitrogen and oxygen atoms in total. The van der Waals surface area contributed by atoms with Crippen LogP contribution in [0.1, 0.15) is 25.7 Å². The van der Waals surface area contributed by atoms with Crippen molar-refractivity contribution in [1.29, 1.82) is 0 Å². The molecule has 2 rings (SSSR count). The Balaban J connectivity index is 2.38. The van der Waals surface area contributed by atoms with Crippen molar-refractivity contribution in [2.24, 2.45) is 0 Å². The van der Waals surface area contributed by atoms with Crippen molar-refractivity contribution in [3.05, 3.63) is 30.2 Å². The van der Waals surface area contributed by atoms with Crippen LogP contribution >= 0.6 is 24.4 Å². The fourth-order valence-corrected chi connectivity index (χ4v) is 2.71. The first-order chi connectivity index (χ1) is 9.67. The van der Waals surface area contributed by atoms with Gasteiger partial charge < -0.3 is 15.1 Å². The molecule has 2 aromatic rings. The minimum Gasteiger partial charge on any atom is -0.439 e. The number of thiocarbonyl (C=S) groups is 2. The number of nitrogens with one attached hydrogen (secondary N) is 2. The Morgan fingerprint density at radius 3 is 2.30 bits per heavy atom. The summed E-state index contributed by atoms with van der Waals surface area (Å²) >= 11 is 10.8. The summed E-state index contributed by atoms with van der Waals surface area (Å²) in [6.07, 6.45) is 0. The fraction of sp³-hybridized carbons (Fsp3) is 0.357. The fourth-order valence-electron chi connectivity index (χ4n) is 1.91. The Kier molecular flexibility index (Phi) is 5.03. The third-order valence-electron chi connectivity index (χ3n) is 2.78. The number of aromatic nitrogens is 1. The first-order valence-corrected chi connectivity index (χ1v) is 7.39. The van der Waals surface area contributed by atoms with E-state index >= 15 is 0 Å². The zero-order chi connectivity index (χ0) is 14.5. The summed E-state index contributed by atoms with van der Waals surface area (Å²) in [7, 11) is 0. The van der Waals surface area contributed by atoms with E-state index in [1.807, 2.05) is 38.1 Å². The number of rotatable bonds is 5. The van der Waals surface area contributed by atoms with Crippen molar-refractivity contribution >= 4 is 45.5 Å². The van der Waals surface area contributed by atoms with E-state index in [2.05, 4.69) is 15.6 Å². The van der Waals surface area contributed by atoms with Crippen LogP contribution in [0.25, 0.3) is 11.1 Å². The van der Waals surface area contributed by atoms with E-state index in [-0.39, 0.29) is 5.92 Å². The van der Waals surface area contributed by atoms with Gasteiger partial charge in [-0.25, -0.2) is 4.98 Å². The molecule has 106 valence electrons. The van der Waals surface area contributed by atoms with Gasteiger partial charge in [0.2, 0.25) is 5.89 Å². The van der Waals surface area contributed by atoms with Gasteiger partial charge in [-0.2, -0.15) is 0 Å². The smallest absolute Gasteiger partial charge is 0.212 e. The molecule has 0 atom stereocenters. The van der Waals surface area contributed by atoms with Crippen LogP contribution in [0.15, 0.2) is 28.7 Å². The zero-order valence-electron chi connectivity index (χ0n) is 11.5. The van der Waals surface area contributed by atoms with Gasteiger partial charge in [-0.1, -0.05) is 36.6 Å². The van der Waals surface area contributed by atoms with Gasteiger partial charge in [0.1, 0.15) is 11.4 Å². The molecule has 0 aliphatic rings. The van der Waals surface area contributed by atoms with E-state index in [0.29, 0.717) is 15.9 Å². The highest BCUT2D eigenvalue weighted by molar-refractivity contribution is 7.82. The summed E-state index contributed by atoms with van der Waals surface area (Å²) in [4.78, 5) is 5.76. The van der Waals surface area contributed by atoms with Crippen LogP contribution in [-0.2, 0) is 0 Å². The van der Waals surface area contributed by atoms with E-state index in [9.17, 15) is 0 Å². The molecule has 2 N–H and O–H groups in total. The maximum Gasteiger partial charge on any atom is 0.212 e. The van der Waals surface area contributed by atoms with E-state index in [4.69, 9.17) is 28.9 Å². The van der Waals surface area contributed by atoms with Crippen LogP contribution in [0, 0.1) is 0 Å². The lowest BCUT2D eigenvalue weighted by atomic mass is 10.1. The molecule has 0 amide bonds. The van der Waals surface area contributed by atoms with Crippen molar-refractivity contribution < 1.29 is 4.42 Å². The molecule has 0 fully saturated rings. The van der Waals surface area contributed by atoms with Crippen molar-refractivity contribution in [3.63, 3.8) is 0 Å². The van der Waals surface area contributed by atoms with Crippen LogP contribution in [0.2, 0.25) is 0 Å². The van der Waals surface area contributed by atoms with Crippen molar-refractivity contribution in [3.8, 4) is 0 Å². The summed E-state index contributed by atoms with van der Waals surface area (Å²) < 4.78 is 5.80. The number of fused-ring (bicyclic) bond motifs is 1. The number of nitrogens with zero attached hydrogens (tertiary/aromatic N) is 1. The van der Waals surface area contributed by atoms with E-state index < -0.39 is 0 Å². The largest absolute Gasteiger partial charge is 0.439 e. The monoisotopic (exact) mass is 307 g/mol. The van der Waals surface area contributed by atoms with Crippen LogP contribution in [-0.4, -0.2) is 28.1 Å². The van der Waals surface area contributed by atoms with Crippen molar-refractivity contribution in [2.75, 3.05) is 13.1 Å². The maximum absolute atomic E-state index is 5.80. The number of benzene rings is 1. The highest BCUT2D eigenvalue weighted by Crippen LogP contribution is 2.23. The lowest BCUT2D eigenvalue weighted by Crippen LogP contribution is -2.37. The molecule has 0 saturated carbocycles. The van der Waals surface area contributed by atoms with Gasteiger partial charge in [-0.15, -0.1) is 0 Å². The normalized spacial score (nSPS) is 10.8. The second kappa shape index (κ2) is 6.76. The maximum atomic E-state index is 5.80. The number of hydrogen-bond donors (Lipinski definition) is 2. The molecule has 1 heterocycles. The first kappa shape index (κ1) is 14.9. The summed E-state index contributed by atoms with van der Waals surface area (Å²) in [6, 6.07) is 7.63. The Morgan fingerprint density at radius 2 is 1.75 bits per heavy atom. The van der Waals surface area contributed by atoms with Crippen molar-refractivity contribution in [1.82, 2.24) is 15.6 Å². The number of para-hydroxylation sites is 2. The molecule has 0 radical (unpaired) electrons. The van der Waals surface area contributed by atoms with Crippen LogP contribution in [0.4, 0.5) is 0 Å². The summed E-state index contributed by atoms with van der Waals surface area (Å²) in [5, 5.41) is 6.26. The average molecular weight is 307 g/mol. The quantitative estimate of drug-likeness (QED) is 0.829. The number of hydrogen-bond acceptors (Lipinski definition) is 4. The molecule has 0 saturated heterocycles. The minimum absolute atomic E-state index is 0.327. The van der Waals surface area contributed by atoms with Crippen molar-refractivity contribution in [2.45, 2.75) is 19.8 Å². The van der Waals surface area contributed by atoms with Gasteiger partial charge in [0.15, 0.2) is 5.58 Å². The van der Waals surface area contributed by atoms with Gasteiger partial charge >= 0.3 is 0 Å². The van der Waals surface area contributed by atoms with Gasteiger partial charge in [0.25, 0.3) is 0 Å². The van der Waals surface area contributed by atoms with Gasteiger partial charge in [-0.05, 0) is 26.0 Å². The molecule has 0 bridgehead atoms. The first-order valence-electron chi connectivity index (χ1n) is 6.58. The SMILES string of the molecule is CCNC(=S)C(C(=S)NCC)c1nc2ccccc2o1. The number of likely N-dealkylation sites (N-methyl/N-ethyl adjacent to an activating group) is 2. The van der Waals surface area contributed by atoms with Gasteiger partial charge in [0.05, 0.1) is 9.98 Å². The third kappa shape index (κ3) is 3.13. The molecule has 1 aromatic heterocycles. The minimum atomic E-state index is -0.327. The molecule has 0 spiro atoms. The molecular formula is C14H17N3OS2. The molecule has 6 heteroatoms. The van der Waals surface area contributed by atoms with Crippen LogP contribution in [0.5, 0.6) is 0 Å². The van der Waals surface area contributed by atoms with E-state index in [1.165, 1.54) is 0 Å². The molecule has 0 aliphatic heterocycles. The van der Waals surface area contributed by atoms with E-state index in [0.717, 1.165) is 24.2 Å². The lowest BCUT2D eigenvalue weighted by Gasteiger charge is -2.17. The second-order valence-electron chi connectivity index (χ2n) is 4.24. The third-order valence-corrected chi connectivity index (χ3v) is 3.54. The Labute approximate surface area is 128 Å². The predicted molar refractivity (Wildman–Crippen MR) is 89.3 cm³/mol. The van der Waals surface area contributed by atoms with Gasteiger partial charge in [-0.3, -0.25) is 0 Å². The molecule has 20 heavy (non-hydrogen) atoms. The molecule has 0 unspecified atom stereocenters. The van der Waals surface area contributed by atoms with Crippen LogP contribution < -0.4 is 10.6 Å². The topological polar surface area (TPSA) is 50.1 Å². The highest BCUT2D eigenvalue weighted by Gasteiger charge is 2.26. The average Bonchev–Trinajstić information content (AvgIpc) is 2.82. The van der Waals surface area contributed by atoms with Crippen LogP contribution in [0.3, 0.4) is 0 Å². The Hall–Kier alpha value is -1.53. The molecule has 0 aliphatic carbocycles. The Morgan fingerprint density at radius 1 is 1.15 bits per heavy atom. The molecular weight excluding hydrogens is 290 g/mol. The summed E-state index contributed by atoms with van der Waals surface area (Å²) in [6.45, 7) is 5.46. The lowest BCUT2D eigenvalue weighted by molar-refractivity contribution is 0.539. The van der Waals surface area contributed by atoms with E-state index in [1.54, 1.807) is 0 Å². The summed E-state index contributed by atoms with van der Waals surface area (Å²) in [5.41, 5.74) is 1.55. The zero-order valence-corrected chi connectivity index (χ0v) is 13.1. The predicted octanol–water partition coefficient (Wildman–Crippen LogP) is 2.79. The molecule has 1 aromatic carbocycles. The summed E-state index contributed by atoms with van der Waals surface area (Å²) in [5.74, 6) is 0.204.